The average Bonchev–Trinajstić information content (AvgIpc) is 2.92. The molecule has 0 N–H and O–H groups in total. The molecule has 2 saturated heterocycles. The summed E-state index contributed by atoms with van der Waals surface area (Å²) in [6.45, 7) is 1.40. The van der Waals surface area contributed by atoms with Gasteiger partial charge in [-0.05, 0) is 25.0 Å². The van der Waals surface area contributed by atoms with Crippen LogP contribution in [0.1, 0.15) is 12.8 Å². The molecule has 5 heteroatoms. The highest BCUT2D eigenvalue weighted by Crippen LogP contribution is 2.30. The van der Waals surface area contributed by atoms with Crippen LogP contribution in [-0.4, -0.2) is 55.9 Å². The van der Waals surface area contributed by atoms with E-state index in [1.807, 2.05) is 35.2 Å². The Morgan fingerprint density at radius 3 is 2.95 bits per heavy atom. The molecular weight excluding hydrogens is 270 g/mol. The van der Waals surface area contributed by atoms with Crippen molar-refractivity contribution in [1.29, 1.82) is 0 Å². The molecule has 2 aliphatic heterocycles. The number of hydrogen-bond acceptors (Lipinski definition) is 4. The van der Waals surface area contributed by atoms with Gasteiger partial charge in [0.05, 0.1) is 6.04 Å². The van der Waals surface area contributed by atoms with Gasteiger partial charge in [-0.15, -0.1) is 0 Å². The van der Waals surface area contributed by atoms with Crippen LogP contribution in [0.15, 0.2) is 30.3 Å². The van der Waals surface area contributed by atoms with E-state index in [2.05, 4.69) is 0 Å². The topological polar surface area (TPSA) is 48.0 Å². The minimum absolute atomic E-state index is 0.00102. The Hall–Kier alpha value is -1.59. The molecule has 0 spiro atoms. The molecule has 1 aromatic carbocycles. The number of rotatable bonds is 4. The summed E-state index contributed by atoms with van der Waals surface area (Å²) in [5.74, 6) is 0.712. The van der Waals surface area contributed by atoms with Gasteiger partial charge in [-0.25, -0.2) is 0 Å². The quantitative estimate of drug-likeness (QED) is 0.843. The van der Waals surface area contributed by atoms with Crippen molar-refractivity contribution in [3.8, 4) is 5.75 Å². The first kappa shape index (κ1) is 14.4. The van der Waals surface area contributed by atoms with Crippen LogP contribution in [0.3, 0.4) is 0 Å². The Bertz CT molecular complexity index is 478. The Kier molecular flexibility index (Phi) is 4.41. The number of benzene rings is 1. The van der Waals surface area contributed by atoms with Crippen LogP contribution in [-0.2, 0) is 14.3 Å². The molecule has 0 aromatic heterocycles. The number of amides is 1. The van der Waals surface area contributed by atoms with Crippen molar-refractivity contribution in [2.75, 3.05) is 26.9 Å². The second-order valence-electron chi connectivity index (χ2n) is 5.47. The van der Waals surface area contributed by atoms with Gasteiger partial charge in [0.15, 0.2) is 6.61 Å². The molecule has 3 rings (SSSR count). The summed E-state index contributed by atoms with van der Waals surface area (Å²) in [4.78, 5) is 14.3. The minimum atomic E-state index is -0.0315. The Morgan fingerprint density at radius 1 is 1.38 bits per heavy atom. The molecule has 3 atom stereocenters. The van der Waals surface area contributed by atoms with Crippen molar-refractivity contribution in [2.45, 2.75) is 31.1 Å². The van der Waals surface area contributed by atoms with Crippen LogP contribution >= 0.6 is 0 Å². The highest BCUT2D eigenvalue weighted by molar-refractivity contribution is 5.78. The molecule has 2 aliphatic rings. The molecule has 0 bridgehead atoms. The standard InChI is InChI=1S/C16H21NO4/c1-19-14-10-17(13-8-5-9-20-16(13)14)15(18)11-21-12-6-3-2-4-7-12/h2-4,6-7,13-14,16H,5,8-11H2,1H3/t13-,14-,16+/m1/s1. The Morgan fingerprint density at radius 2 is 2.19 bits per heavy atom. The zero-order chi connectivity index (χ0) is 14.7. The van der Waals surface area contributed by atoms with Gasteiger partial charge in [0.1, 0.15) is 18.0 Å². The highest BCUT2D eigenvalue weighted by Gasteiger charge is 2.46. The monoisotopic (exact) mass is 291 g/mol. The average molecular weight is 291 g/mol. The third kappa shape index (κ3) is 3.04. The zero-order valence-electron chi connectivity index (χ0n) is 12.2. The number of likely N-dealkylation sites (tertiary alicyclic amines) is 1. The SMILES string of the molecule is CO[C@@H]1CN(C(=O)COc2ccccc2)[C@@H]2CCCO[C@@H]21. The van der Waals surface area contributed by atoms with Gasteiger partial charge in [0.2, 0.25) is 0 Å². The first-order chi connectivity index (χ1) is 10.3. The maximum atomic E-state index is 12.4. The van der Waals surface area contributed by atoms with Crippen LogP contribution in [0.2, 0.25) is 0 Å². The van der Waals surface area contributed by atoms with E-state index in [0.717, 1.165) is 19.4 Å². The van der Waals surface area contributed by atoms with Crippen molar-refractivity contribution in [3.05, 3.63) is 30.3 Å². The predicted molar refractivity (Wildman–Crippen MR) is 77.2 cm³/mol. The molecule has 114 valence electrons. The van der Waals surface area contributed by atoms with Gasteiger partial charge < -0.3 is 19.1 Å². The Labute approximate surface area is 124 Å². The van der Waals surface area contributed by atoms with Gasteiger partial charge in [0.25, 0.3) is 5.91 Å². The lowest BCUT2D eigenvalue weighted by molar-refractivity contribution is -0.136. The summed E-state index contributed by atoms with van der Waals surface area (Å²) in [6, 6.07) is 9.52. The molecular formula is C16H21NO4. The summed E-state index contributed by atoms with van der Waals surface area (Å²) in [7, 11) is 1.67. The highest BCUT2D eigenvalue weighted by atomic mass is 16.5. The van der Waals surface area contributed by atoms with Gasteiger partial charge in [-0.2, -0.15) is 0 Å². The smallest absolute Gasteiger partial charge is 0.260 e. The lowest BCUT2D eigenvalue weighted by atomic mass is 10.0. The van der Waals surface area contributed by atoms with Crippen LogP contribution < -0.4 is 4.74 Å². The number of ether oxygens (including phenoxy) is 3. The normalized spacial score (nSPS) is 28.2. The lowest BCUT2D eigenvalue weighted by Gasteiger charge is -2.31. The van der Waals surface area contributed by atoms with E-state index in [0.29, 0.717) is 12.3 Å². The first-order valence-electron chi connectivity index (χ1n) is 7.41. The third-order valence-corrected chi connectivity index (χ3v) is 4.21. The number of hydrogen-bond donors (Lipinski definition) is 0. The summed E-state index contributed by atoms with van der Waals surface area (Å²) in [5, 5.41) is 0. The fraction of sp³-hybridized carbons (Fsp3) is 0.562. The molecule has 0 radical (unpaired) electrons. The fourth-order valence-electron chi connectivity index (χ4n) is 3.15. The molecule has 21 heavy (non-hydrogen) atoms. The van der Waals surface area contributed by atoms with Gasteiger partial charge in [-0.3, -0.25) is 4.79 Å². The minimum Gasteiger partial charge on any atom is -0.484 e. The second kappa shape index (κ2) is 6.45. The molecule has 0 saturated carbocycles. The zero-order valence-corrected chi connectivity index (χ0v) is 12.2. The number of nitrogens with zero attached hydrogens (tertiary/aromatic N) is 1. The number of para-hydroxylation sites is 1. The number of carbonyl (C=O) groups is 1. The maximum Gasteiger partial charge on any atom is 0.260 e. The number of fused-ring (bicyclic) bond motifs is 1. The molecule has 0 aliphatic carbocycles. The summed E-state index contributed by atoms with van der Waals surface area (Å²) < 4.78 is 16.8. The van der Waals surface area contributed by atoms with E-state index in [9.17, 15) is 4.79 Å². The summed E-state index contributed by atoms with van der Waals surface area (Å²) in [6.07, 6.45) is 1.93. The summed E-state index contributed by atoms with van der Waals surface area (Å²) in [5.41, 5.74) is 0. The van der Waals surface area contributed by atoms with Crippen LogP contribution in [0.4, 0.5) is 0 Å². The van der Waals surface area contributed by atoms with E-state index in [-0.39, 0.29) is 30.8 Å². The summed E-state index contributed by atoms with van der Waals surface area (Å²) >= 11 is 0. The molecule has 0 unspecified atom stereocenters. The fourth-order valence-corrected chi connectivity index (χ4v) is 3.15. The van der Waals surface area contributed by atoms with Crippen molar-refractivity contribution in [2.24, 2.45) is 0 Å². The lowest BCUT2D eigenvalue weighted by Crippen LogP contribution is -2.45. The number of carbonyl (C=O) groups excluding carboxylic acids is 1. The molecule has 2 heterocycles. The van der Waals surface area contributed by atoms with Crippen molar-refractivity contribution < 1.29 is 19.0 Å². The van der Waals surface area contributed by atoms with Gasteiger partial charge in [0, 0.05) is 20.3 Å². The van der Waals surface area contributed by atoms with E-state index in [4.69, 9.17) is 14.2 Å². The van der Waals surface area contributed by atoms with Gasteiger partial charge >= 0.3 is 0 Å². The molecule has 5 nitrogen and oxygen atoms in total. The first-order valence-corrected chi connectivity index (χ1v) is 7.41. The van der Waals surface area contributed by atoms with Gasteiger partial charge in [-0.1, -0.05) is 18.2 Å². The van der Waals surface area contributed by atoms with E-state index >= 15 is 0 Å². The maximum absolute atomic E-state index is 12.4. The van der Waals surface area contributed by atoms with E-state index in [1.54, 1.807) is 7.11 Å². The van der Waals surface area contributed by atoms with Crippen molar-refractivity contribution in [1.82, 2.24) is 4.90 Å². The van der Waals surface area contributed by atoms with E-state index in [1.165, 1.54) is 0 Å². The Balaban J connectivity index is 1.61. The van der Waals surface area contributed by atoms with Crippen LogP contribution in [0.5, 0.6) is 5.75 Å². The predicted octanol–water partition coefficient (Wildman–Crippen LogP) is 1.47. The third-order valence-electron chi connectivity index (χ3n) is 4.21. The van der Waals surface area contributed by atoms with Crippen LogP contribution in [0, 0.1) is 0 Å². The van der Waals surface area contributed by atoms with Crippen LogP contribution in [0.25, 0.3) is 0 Å². The second-order valence-corrected chi connectivity index (χ2v) is 5.47. The van der Waals surface area contributed by atoms with Crippen molar-refractivity contribution in [3.63, 3.8) is 0 Å². The molecule has 1 amide bonds. The largest absolute Gasteiger partial charge is 0.484 e. The number of methoxy groups -OCH3 is 1. The van der Waals surface area contributed by atoms with Crippen molar-refractivity contribution >= 4 is 5.91 Å². The van der Waals surface area contributed by atoms with E-state index < -0.39 is 0 Å². The molecule has 2 fully saturated rings. The molecule has 1 aromatic rings.